The van der Waals surface area contributed by atoms with E-state index in [2.05, 4.69) is 11.8 Å². The van der Waals surface area contributed by atoms with E-state index in [4.69, 9.17) is 38.5 Å². The number of esters is 4. The van der Waals surface area contributed by atoms with Gasteiger partial charge < -0.3 is 33.3 Å². The van der Waals surface area contributed by atoms with Crippen molar-refractivity contribution in [1.29, 1.82) is 0 Å². The quantitative estimate of drug-likeness (QED) is 0.293. The van der Waals surface area contributed by atoms with Gasteiger partial charge >= 0.3 is 23.9 Å². The monoisotopic (exact) mass is 630 g/mol. The fraction of sp³-hybridized carbons (Fsp3) is 0.677. The lowest BCUT2D eigenvalue weighted by atomic mass is 9.88. The summed E-state index contributed by atoms with van der Waals surface area (Å²) >= 11 is 0. The number of nitrogens with zero attached hydrogens (tertiary/aromatic N) is 4. The van der Waals surface area contributed by atoms with Crippen LogP contribution < -0.4 is 4.74 Å². The van der Waals surface area contributed by atoms with Crippen molar-refractivity contribution in [3.8, 4) is 5.88 Å². The third-order valence-electron chi connectivity index (χ3n) is 8.54. The van der Waals surface area contributed by atoms with Crippen LogP contribution in [-0.4, -0.2) is 101 Å². The summed E-state index contributed by atoms with van der Waals surface area (Å²) in [4.78, 5) is 56.8. The van der Waals surface area contributed by atoms with Crippen LogP contribution in [0.5, 0.6) is 5.88 Å². The Labute approximate surface area is 261 Å². The van der Waals surface area contributed by atoms with Gasteiger partial charge in [0.1, 0.15) is 0 Å². The number of carbonyl (C=O) groups is 4. The lowest BCUT2D eigenvalue weighted by molar-refractivity contribution is -0.283. The Hall–Kier alpha value is -3.78. The van der Waals surface area contributed by atoms with Crippen LogP contribution in [0.2, 0.25) is 0 Å². The average Bonchev–Trinajstić information content (AvgIpc) is 3.59. The molecule has 0 amide bonds. The molecule has 0 aromatic carbocycles. The van der Waals surface area contributed by atoms with E-state index in [0.717, 1.165) is 94.9 Å². The van der Waals surface area contributed by atoms with Crippen LogP contribution in [0, 0.1) is 0 Å². The molecule has 0 N–H and O–H groups in total. The average molecular weight is 631 g/mol. The SMILES string of the molecule is CCCN1CCC(c2nn(C)c3nc(O[C@@H]4O[C@H](C(=O)OC)[C@@H](OC(C)=O)[C@H](OC(C)=O)[C@H]4OC(C)=O)c4c(c23)CCCC4)C1. The van der Waals surface area contributed by atoms with Gasteiger partial charge in [0.05, 0.1) is 12.8 Å². The zero-order valence-electron chi connectivity index (χ0n) is 26.7. The van der Waals surface area contributed by atoms with Gasteiger partial charge in [-0.15, -0.1) is 0 Å². The molecule has 2 saturated heterocycles. The first-order chi connectivity index (χ1) is 21.5. The van der Waals surface area contributed by atoms with Crippen molar-refractivity contribution < 1.29 is 47.6 Å². The number of hydrogen-bond donors (Lipinski definition) is 0. The smallest absolute Gasteiger partial charge is 0.339 e. The molecule has 2 aromatic rings. The largest absolute Gasteiger partial charge is 0.467 e. The predicted octanol–water partition coefficient (Wildman–Crippen LogP) is 2.12. The number of likely N-dealkylation sites (tertiary alicyclic amines) is 1. The molecule has 1 aliphatic carbocycles. The highest BCUT2D eigenvalue weighted by Crippen LogP contribution is 2.41. The van der Waals surface area contributed by atoms with Crippen molar-refractivity contribution in [3.63, 3.8) is 0 Å². The summed E-state index contributed by atoms with van der Waals surface area (Å²) in [5, 5.41) is 5.99. The highest BCUT2D eigenvalue weighted by atomic mass is 16.7. The topological polar surface area (TPSA) is 158 Å². The van der Waals surface area contributed by atoms with Gasteiger partial charge in [0.2, 0.25) is 18.3 Å². The molecule has 4 heterocycles. The van der Waals surface area contributed by atoms with E-state index in [9.17, 15) is 19.2 Å². The predicted molar refractivity (Wildman–Crippen MR) is 157 cm³/mol. The van der Waals surface area contributed by atoms with Crippen LogP contribution in [0.15, 0.2) is 0 Å². The summed E-state index contributed by atoms with van der Waals surface area (Å²) in [6.45, 7) is 8.66. The first kappa shape index (κ1) is 32.6. The van der Waals surface area contributed by atoms with Gasteiger partial charge in [-0.05, 0) is 57.2 Å². The molecular formula is C31H42N4O10. The molecule has 5 rings (SSSR count). The van der Waals surface area contributed by atoms with Crippen LogP contribution in [-0.2, 0) is 62.8 Å². The van der Waals surface area contributed by atoms with E-state index in [0.29, 0.717) is 18.0 Å². The molecular weight excluding hydrogens is 588 g/mol. The normalized spacial score (nSPS) is 26.6. The maximum Gasteiger partial charge on any atom is 0.339 e. The number of carbonyl (C=O) groups excluding carboxylic acids is 4. The molecule has 0 bridgehead atoms. The van der Waals surface area contributed by atoms with Gasteiger partial charge in [-0.1, -0.05) is 6.92 Å². The van der Waals surface area contributed by atoms with Gasteiger partial charge in [0, 0.05) is 51.2 Å². The molecule has 2 aromatic heterocycles. The fourth-order valence-electron chi connectivity index (χ4n) is 6.78. The minimum Gasteiger partial charge on any atom is -0.467 e. The minimum absolute atomic E-state index is 0.240. The Bertz CT molecular complexity index is 1460. The first-order valence-corrected chi connectivity index (χ1v) is 15.5. The maximum absolute atomic E-state index is 12.9. The van der Waals surface area contributed by atoms with E-state index >= 15 is 0 Å². The number of fused-ring (bicyclic) bond motifs is 3. The lowest BCUT2D eigenvalue weighted by Crippen LogP contribution is -2.64. The Morgan fingerprint density at radius 3 is 2.22 bits per heavy atom. The second kappa shape index (κ2) is 13.7. The molecule has 0 spiro atoms. The van der Waals surface area contributed by atoms with Crippen LogP contribution >= 0.6 is 0 Å². The van der Waals surface area contributed by atoms with Crippen molar-refractivity contribution in [3.05, 3.63) is 16.8 Å². The van der Waals surface area contributed by atoms with Crippen LogP contribution in [0.4, 0.5) is 0 Å². The number of hydrogen-bond acceptors (Lipinski definition) is 13. The van der Waals surface area contributed by atoms with Crippen molar-refractivity contribution in [1.82, 2.24) is 19.7 Å². The Kier molecular flexibility index (Phi) is 9.92. The van der Waals surface area contributed by atoms with E-state index in [-0.39, 0.29) is 5.88 Å². The third kappa shape index (κ3) is 6.76. The molecule has 2 fully saturated rings. The Morgan fingerprint density at radius 1 is 0.933 bits per heavy atom. The molecule has 3 aliphatic rings. The molecule has 0 saturated carbocycles. The molecule has 45 heavy (non-hydrogen) atoms. The fourth-order valence-corrected chi connectivity index (χ4v) is 6.78. The lowest BCUT2D eigenvalue weighted by Gasteiger charge is -2.43. The minimum atomic E-state index is -1.56. The second-order valence-electron chi connectivity index (χ2n) is 11.9. The molecule has 246 valence electrons. The molecule has 14 heteroatoms. The second-order valence-corrected chi connectivity index (χ2v) is 11.9. The van der Waals surface area contributed by atoms with Crippen LogP contribution in [0.25, 0.3) is 11.0 Å². The van der Waals surface area contributed by atoms with Gasteiger partial charge in [-0.3, -0.25) is 19.1 Å². The number of rotatable bonds is 9. The van der Waals surface area contributed by atoms with Crippen molar-refractivity contribution in [2.24, 2.45) is 7.05 Å². The maximum atomic E-state index is 12.9. The Balaban J connectivity index is 1.58. The zero-order chi connectivity index (χ0) is 32.4. The molecule has 6 atom stereocenters. The van der Waals surface area contributed by atoms with E-state index in [1.54, 1.807) is 4.68 Å². The van der Waals surface area contributed by atoms with Crippen molar-refractivity contribution in [2.45, 2.75) is 103 Å². The standard InChI is InChI=1S/C31H42N4O10/c1-7-13-35-14-12-19(15-35)23-22-20-10-8-9-11-21(20)29(32-28(22)34(5)33-23)45-31-27(43-18(4)38)25(42-17(3)37)24(41-16(2)36)26(44-31)30(39)40-6/h19,24-27,31H,7-15H2,1-6H3/t19?,24-,25-,26-,27+,31-/m0/s1. The third-order valence-corrected chi connectivity index (χ3v) is 8.54. The van der Waals surface area contributed by atoms with Gasteiger partial charge in [-0.2, -0.15) is 10.1 Å². The Morgan fingerprint density at radius 2 is 1.58 bits per heavy atom. The number of ether oxygens (including phenoxy) is 6. The molecule has 0 radical (unpaired) electrons. The number of methoxy groups -OCH3 is 1. The highest BCUT2D eigenvalue weighted by molar-refractivity contribution is 5.85. The summed E-state index contributed by atoms with van der Waals surface area (Å²) < 4.78 is 35.5. The van der Waals surface area contributed by atoms with Crippen LogP contribution in [0.1, 0.15) is 76.1 Å². The highest BCUT2D eigenvalue weighted by Gasteiger charge is 2.56. The number of aryl methyl sites for hydroxylation is 2. The summed E-state index contributed by atoms with van der Waals surface area (Å²) in [5.41, 5.74) is 3.68. The number of pyridine rings is 1. The summed E-state index contributed by atoms with van der Waals surface area (Å²) in [6, 6.07) is 0. The molecule has 2 aliphatic heterocycles. The van der Waals surface area contributed by atoms with E-state index in [1.165, 1.54) is 6.92 Å². The van der Waals surface area contributed by atoms with Gasteiger partial charge in [0.15, 0.2) is 24.0 Å². The molecule has 1 unspecified atom stereocenters. The number of aromatic nitrogens is 3. The van der Waals surface area contributed by atoms with Gasteiger partial charge in [-0.25, -0.2) is 4.79 Å². The summed E-state index contributed by atoms with van der Waals surface area (Å²) in [6.07, 6.45) is -1.87. The summed E-state index contributed by atoms with van der Waals surface area (Å²) in [5.74, 6) is -2.64. The van der Waals surface area contributed by atoms with Crippen molar-refractivity contribution in [2.75, 3.05) is 26.7 Å². The molecule has 14 nitrogen and oxygen atoms in total. The van der Waals surface area contributed by atoms with Crippen LogP contribution in [0.3, 0.4) is 0 Å². The van der Waals surface area contributed by atoms with E-state index < -0.39 is 54.6 Å². The van der Waals surface area contributed by atoms with Gasteiger partial charge in [0.25, 0.3) is 0 Å². The van der Waals surface area contributed by atoms with Crippen molar-refractivity contribution >= 4 is 34.9 Å². The summed E-state index contributed by atoms with van der Waals surface area (Å²) in [7, 11) is 2.99. The zero-order valence-corrected chi connectivity index (χ0v) is 26.7. The first-order valence-electron chi connectivity index (χ1n) is 15.5. The van der Waals surface area contributed by atoms with E-state index in [1.807, 2.05) is 7.05 Å².